The Morgan fingerprint density at radius 1 is 1.67 bits per heavy atom. The van der Waals surface area contributed by atoms with Gasteiger partial charge in [0.25, 0.3) is 0 Å². The zero-order valence-electron chi connectivity index (χ0n) is 7.80. The molecule has 1 aliphatic carbocycles. The van der Waals surface area contributed by atoms with Crippen molar-refractivity contribution in [3.63, 3.8) is 0 Å². The average molecular weight is 291 g/mol. The van der Waals surface area contributed by atoms with Crippen LogP contribution < -0.4 is 5.63 Å². The van der Waals surface area contributed by atoms with E-state index in [-0.39, 0.29) is 5.63 Å². The predicted molar refractivity (Wildman–Crippen MR) is 61.9 cm³/mol. The molecule has 0 aromatic carbocycles. The van der Waals surface area contributed by atoms with Crippen molar-refractivity contribution in [3.05, 3.63) is 43.8 Å². The lowest BCUT2D eigenvalue weighted by molar-refractivity contribution is 0.381. The fraction of sp³-hybridized carbons (Fsp3) is 0.300. The molecule has 5 heteroatoms. The van der Waals surface area contributed by atoms with E-state index in [4.69, 9.17) is 11.6 Å². The monoisotopic (exact) mass is 289 g/mol. The first kappa shape index (κ1) is 10.8. The number of halogens is 2. The van der Waals surface area contributed by atoms with Gasteiger partial charge in [0.2, 0.25) is 0 Å². The molecular formula is C10H9BrClNO2. The van der Waals surface area contributed by atoms with E-state index in [2.05, 4.69) is 25.6 Å². The molecule has 0 fully saturated rings. The first-order chi connectivity index (χ1) is 7.16. The van der Waals surface area contributed by atoms with Crippen LogP contribution in [0.2, 0.25) is 0 Å². The number of aromatic nitrogens is 1. The van der Waals surface area contributed by atoms with Crippen molar-refractivity contribution in [2.75, 3.05) is 0 Å². The van der Waals surface area contributed by atoms with Crippen LogP contribution in [0.3, 0.4) is 0 Å². The zero-order chi connectivity index (χ0) is 10.8. The summed E-state index contributed by atoms with van der Waals surface area (Å²) in [6, 6.07) is 0. The van der Waals surface area contributed by atoms with Gasteiger partial charge in [0.1, 0.15) is 4.47 Å². The van der Waals surface area contributed by atoms with E-state index in [0.29, 0.717) is 10.4 Å². The Bertz CT molecular complexity index is 472. The van der Waals surface area contributed by atoms with E-state index in [1.165, 1.54) is 0 Å². The first-order valence-corrected chi connectivity index (χ1v) is 5.73. The molecule has 1 aliphatic rings. The Kier molecular flexibility index (Phi) is 3.17. The van der Waals surface area contributed by atoms with Gasteiger partial charge in [-0.3, -0.25) is 0 Å². The predicted octanol–water partition coefficient (Wildman–Crippen LogP) is 2.97. The molecule has 0 radical (unpaired) electrons. The molecule has 1 atom stereocenters. The number of hydrogen-bond acceptors (Lipinski definition) is 2. The summed E-state index contributed by atoms with van der Waals surface area (Å²) in [7, 11) is 0. The molecule has 0 aliphatic heterocycles. The molecule has 1 unspecified atom stereocenters. The summed E-state index contributed by atoms with van der Waals surface area (Å²) in [4.78, 5) is 11.0. The number of hydrogen-bond donors (Lipinski definition) is 1. The van der Waals surface area contributed by atoms with Crippen molar-refractivity contribution >= 4 is 27.5 Å². The molecule has 1 aromatic rings. The summed E-state index contributed by atoms with van der Waals surface area (Å²) < 4.78 is 5.15. The van der Waals surface area contributed by atoms with Crippen molar-refractivity contribution in [1.29, 1.82) is 0 Å². The lowest BCUT2D eigenvalue weighted by Crippen LogP contribution is -2.04. The summed E-state index contributed by atoms with van der Waals surface area (Å²) in [6.45, 7) is 0. The van der Waals surface area contributed by atoms with Gasteiger partial charge in [-0.2, -0.15) is 0 Å². The van der Waals surface area contributed by atoms with Gasteiger partial charge in [-0.15, -0.1) is 0 Å². The van der Waals surface area contributed by atoms with E-state index < -0.39 is 0 Å². The molecule has 2 rings (SSSR count). The van der Waals surface area contributed by atoms with Crippen LogP contribution in [0.25, 0.3) is 0 Å². The fourth-order valence-electron chi connectivity index (χ4n) is 1.50. The first-order valence-electron chi connectivity index (χ1n) is 4.56. The molecule has 0 saturated heterocycles. The van der Waals surface area contributed by atoms with Crippen molar-refractivity contribution in [2.45, 2.75) is 12.8 Å². The van der Waals surface area contributed by atoms with Crippen LogP contribution in [-0.2, 0) is 6.42 Å². The minimum atomic E-state index is -0.363. The number of allylic oxidation sites excluding steroid dienone is 4. The van der Waals surface area contributed by atoms with Crippen molar-refractivity contribution in [1.82, 2.24) is 5.16 Å². The number of H-pyrrole nitrogens is 1. The smallest absolute Gasteiger partial charge is 0.338 e. The average Bonchev–Trinajstić information content (AvgIpc) is 2.53. The van der Waals surface area contributed by atoms with Gasteiger partial charge in [-0.05, 0) is 40.8 Å². The highest BCUT2D eigenvalue weighted by Gasteiger charge is 2.14. The lowest BCUT2D eigenvalue weighted by atomic mass is 9.96. The van der Waals surface area contributed by atoms with Gasteiger partial charge in [0, 0.05) is 5.03 Å². The Morgan fingerprint density at radius 2 is 2.47 bits per heavy atom. The fourth-order valence-corrected chi connectivity index (χ4v) is 1.99. The molecule has 1 heterocycles. The van der Waals surface area contributed by atoms with Crippen LogP contribution in [0.5, 0.6) is 0 Å². The van der Waals surface area contributed by atoms with E-state index in [0.717, 1.165) is 23.6 Å². The third kappa shape index (κ3) is 2.44. The molecule has 80 valence electrons. The van der Waals surface area contributed by atoms with E-state index in [1.807, 2.05) is 18.2 Å². The molecule has 0 amide bonds. The van der Waals surface area contributed by atoms with E-state index in [1.54, 1.807) is 0 Å². The molecular weight excluding hydrogens is 281 g/mol. The Balaban J connectivity index is 2.08. The minimum Gasteiger partial charge on any atom is -0.338 e. The molecule has 0 bridgehead atoms. The summed E-state index contributed by atoms with van der Waals surface area (Å²) >= 11 is 8.99. The molecule has 1 aromatic heterocycles. The van der Waals surface area contributed by atoms with Crippen LogP contribution in [0.1, 0.15) is 12.1 Å². The number of rotatable bonds is 2. The van der Waals surface area contributed by atoms with E-state index >= 15 is 0 Å². The molecule has 3 nitrogen and oxygen atoms in total. The van der Waals surface area contributed by atoms with Crippen LogP contribution in [-0.4, -0.2) is 5.16 Å². The van der Waals surface area contributed by atoms with Gasteiger partial charge in [0.05, 0.1) is 5.69 Å². The SMILES string of the molecule is O=c1o[nH]c(CC2C=CC(Cl)=CC2)c1Br. The normalized spacial score (nSPS) is 20.4. The molecule has 15 heavy (non-hydrogen) atoms. The summed E-state index contributed by atoms with van der Waals surface area (Å²) in [5.41, 5.74) is 0.430. The minimum absolute atomic E-state index is 0.358. The van der Waals surface area contributed by atoms with Gasteiger partial charge >= 0.3 is 5.63 Å². The molecule has 1 N–H and O–H groups in total. The second-order valence-corrected chi connectivity index (χ2v) is 4.66. The van der Waals surface area contributed by atoms with Gasteiger partial charge in [-0.1, -0.05) is 23.8 Å². The van der Waals surface area contributed by atoms with Crippen molar-refractivity contribution in [3.8, 4) is 0 Å². The summed E-state index contributed by atoms with van der Waals surface area (Å²) in [5.74, 6) is 0.358. The second-order valence-electron chi connectivity index (χ2n) is 3.43. The van der Waals surface area contributed by atoms with Crippen LogP contribution >= 0.6 is 27.5 Å². The maximum Gasteiger partial charge on any atom is 0.371 e. The zero-order valence-corrected chi connectivity index (χ0v) is 10.1. The third-order valence-corrected chi connectivity index (χ3v) is 3.40. The third-order valence-electron chi connectivity index (χ3n) is 2.32. The van der Waals surface area contributed by atoms with E-state index in [9.17, 15) is 4.79 Å². The number of aromatic amines is 1. The number of nitrogens with one attached hydrogen (secondary N) is 1. The highest BCUT2D eigenvalue weighted by atomic mass is 79.9. The van der Waals surface area contributed by atoms with Crippen LogP contribution in [0.15, 0.2) is 37.1 Å². The van der Waals surface area contributed by atoms with Crippen molar-refractivity contribution < 1.29 is 4.52 Å². The summed E-state index contributed by atoms with van der Waals surface area (Å²) in [5, 5.41) is 3.38. The quantitative estimate of drug-likeness (QED) is 0.910. The van der Waals surface area contributed by atoms with Crippen molar-refractivity contribution in [2.24, 2.45) is 5.92 Å². The Labute approximate surface area is 99.9 Å². The Morgan fingerprint density at radius 3 is 3.00 bits per heavy atom. The summed E-state index contributed by atoms with van der Waals surface area (Å²) in [6.07, 6.45) is 7.51. The highest BCUT2D eigenvalue weighted by Crippen LogP contribution is 2.23. The largest absolute Gasteiger partial charge is 0.371 e. The van der Waals surface area contributed by atoms with Crippen LogP contribution in [0, 0.1) is 5.92 Å². The highest BCUT2D eigenvalue weighted by molar-refractivity contribution is 9.10. The van der Waals surface area contributed by atoms with Crippen LogP contribution in [0.4, 0.5) is 0 Å². The topological polar surface area (TPSA) is 46.0 Å². The molecule has 0 saturated carbocycles. The maximum absolute atomic E-state index is 11.0. The standard InChI is InChI=1S/C10H9BrClNO2/c11-9-8(13-15-10(9)14)5-6-1-3-7(12)4-2-6/h1,3-4,6,13H,2,5H2. The van der Waals surface area contributed by atoms with Gasteiger partial charge in [-0.25, -0.2) is 9.95 Å². The van der Waals surface area contributed by atoms with Gasteiger partial charge < -0.3 is 4.52 Å². The Hall–Kier alpha value is -0.740. The van der Waals surface area contributed by atoms with Gasteiger partial charge in [0.15, 0.2) is 0 Å². The second kappa shape index (κ2) is 4.41. The molecule has 0 spiro atoms. The maximum atomic E-state index is 11.0. The lowest BCUT2D eigenvalue weighted by Gasteiger charge is -2.12.